The second kappa shape index (κ2) is 10.2. The van der Waals surface area contributed by atoms with Gasteiger partial charge in [0.15, 0.2) is 5.82 Å². The predicted octanol–water partition coefficient (Wildman–Crippen LogP) is 4.99. The maximum absolute atomic E-state index is 13.4. The Morgan fingerprint density at radius 3 is 2.50 bits per heavy atom. The molecule has 2 aromatic heterocycles. The normalized spacial score (nSPS) is 12.9. The van der Waals surface area contributed by atoms with Gasteiger partial charge in [0.1, 0.15) is 5.52 Å². The van der Waals surface area contributed by atoms with Crippen molar-refractivity contribution in [3.05, 3.63) is 70.9 Å². The van der Waals surface area contributed by atoms with E-state index in [2.05, 4.69) is 16.0 Å². The number of rotatable bonds is 9. The van der Waals surface area contributed by atoms with Crippen LogP contribution < -0.4 is 10.5 Å². The number of aromatic nitrogens is 2. The molecule has 4 rings (SSSR count). The Bertz CT molecular complexity index is 1410. The number of nitrogen functional groups attached to an aromatic ring is 1. The first-order valence-electron chi connectivity index (χ1n) is 11.7. The minimum atomic E-state index is -5.50. The molecule has 10 heteroatoms. The second-order valence-electron chi connectivity index (χ2n) is 9.14. The number of hydrogen-bond donors (Lipinski definition) is 4. The average molecular weight is 518 g/mol. The molecule has 0 saturated carbocycles. The fourth-order valence-electron chi connectivity index (χ4n) is 4.17. The first kappa shape index (κ1) is 26.1. The van der Waals surface area contributed by atoms with E-state index >= 15 is 0 Å². The van der Waals surface area contributed by atoms with Crippen molar-refractivity contribution in [2.24, 2.45) is 0 Å². The number of alkyl halides is 2. The molecule has 0 radical (unpaired) electrons. The molecule has 0 aliphatic carbocycles. The van der Waals surface area contributed by atoms with Gasteiger partial charge in [0.05, 0.1) is 5.52 Å². The molecule has 0 saturated heterocycles. The predicted molar refractivity (Wildman–Crippen MR) is 139 cm³/mol. The van der Waals surface area contributed by atoms with Crippen LogP contribution in [-0.4, -0.2) is 36.9 Å². The molecule has 0 aliphatic rings. The van der Waals surface area contributed by atoms with Crippen LogP contribution in [0.25, 0.3) is 21.8 Å². The molecule has 5 N–H and O–H groups in total. The topological polar surface area (TPSA) is 122 Å². The first-order valence-corrected chi connectivity index (χ1v) is 13.5. The number of aryl methyl sites for hydroxylation is 4. The third-order valence-corrected chi connectivity index (χ3v) is 7.49. The molecule has 2 heterocycles. The molecule has 192 valence electrons. The zero-order valence-corrected chi connectivity index (χ0v) is 21.1. The number of hydrogen-bond acceptors (Lipinski definition) is 7. The van der Waals surface area contributed by atoms with Crippen LogP contribution in [0.3, 0.4) is 0 Å². The van der Waals surface area contributed by atoms with Crippen molar-refractivity contribution < 1.29 is 28.2 Å². The second-order valence-corrected chi connectivity index (χ2v) is 11.1. The van der Waals surface area contributed by atoms with Crippen LogP contribution in [-0.2, 0) is 12.8 Å². The summed E-state index contributed by atoms with van der Waals surface area (Å²) in [6, 6.07) is 13.8. The van der Waals surface area contributed by atoms with Crippen LogP contribution in [0.1, 0.15) is 35.1 Å². The number of ether oxygens (including phenoxy) is 1. The maximum atomic E-state index is 13.4. The summed E-state index contributed by atoms with van der Waals surface area (Å²) < 4.78 is 32.4. The van der Waals surface area contributed by atoms with Gasteiger partial charge in [0.25, 0.3) is 0 Å². The van der Waals surface area contributed by atoms with Gasteiger partial charge in [-0.15, -0.1) is 0 Å². The molecule has 2 aromatic carbocycles. The van der Waals surface area contributed by atoms with E-state index < -0.39 is 20.0 Å². The molecule has 4 aromatic rings. The summed E-state index contributed by atoms with van der Waals surface area (Å²) in [5.74, 6) is 0.951. The number of fused-ring (bicyclic) bond motifs is 3. The van der Waals surface area contributed by atoms with Crippen molar-refractivity contribution in [1.29, 1.82) is 0 Å². The molecule has 0 aliphatic heterocycles. The zero-order chi connectivity index (χ0) is 26.1. The summed E-state index contributed by atoms with van der Waals surface area (Å²) in [5, 5.41) is 1.99. The SMILES string of the molecule is Cc1ccc2c(c1)nc(N)c1ncc(CCc3ccc(OCCCC(F)(F)[PH](O)(O)O)cc3C)cc12. The van der Waals surface area contributed by atoms with Gasteiger partial charge in [-0.05, 0) is 24.6 Å². The molecule has 0 spiro atoms. The molecule has 0 bridgehead atoms. The van der Waals surface area contributed by atoms with E-state index in [9.17, 15) is 8.78 Å². The van der Waals surface area contributed by atoms with E-state index in [0.717, 1.165) is 51.4 Å². The van der Waals surface area contributed by atoms with Gasteiger partial charge < -0.3 is 5.73 Å². The smallest absolute Gasteiger partial charge is 0.0136 e. The van der Waals surface area contributed by atoms with Crippen molar-refractivity contribution in [3.63, 3.8) is 0 Å². The minimum Gasteiger partial charge on any atom is -0.0472 e. The summed E-state index contributed by atoms with van der Waals surface area (Å²) in [5.41, 5.74) is 8.11. The third-order valence-electron chi connectivity index (χ3n) is 6.26. The van der Waals surface area contributed by atoms with Gasteiger partial charge in [-0.2, -0.15) is 0 Å². The monoisotopic (exact) mass is 517 g/mol. The van der Waals surface area contributed by atoms with Crippen molar-refractivity contribution >= 4 is 35.6 Å². The summed E-state index contributed by atoms with van der Waals surface area (Å²) in [4.78, 5) is 35.6. The molecule has 7 nitrogen and oxygen atoms in total. The largest absolute Gasteiger partial charge is 0.0472 e. The van der Waals surface area contributed by atoms with Gasteiger partial charge >= 0.3 is 122 Å². The van der Waals surface area contributed by atoms with E-state index in [1.54, 1.807) is 6.07 Å². The van der Waals surface area contributed by atoms with E-state index in [4.69, 9.17) is 25.2 Å². The molecule has 0 fully saturated rings. The molecule has 36 heavy (non-hydrogen) atoms. The van der Waals surface area contributed by atoms with Crippen LogP contribution in [0.15, 0.2) is 48.7 Å². The van der Waals surface area contributed by atoms with E-state index in [-0.39, 0.29) is 13.0 Å². The number of pyridine rings is 2. The summed E-state index contributed by atoms with van der Waals surface area (Å²) in [6.07, 6.45) is 2.37. The van der Waals surface area contributed by atoms with Crippen molar-refractivity contribution in [2.45, 2.75) is 45.2 Å². The quantitative estimate of drug-likeness (QED) is 0.140. The van der Waals surface area contributed by atoms with Gasteiger partial charge in [0, 0.05) is 17.0 Å². The maximum Gasteiger partial charge on any atom is 0.0136 e. The van der Waals surface area contributed by atoms with E-state index in [1.807, 2.05) is 50.4 Å². The third kappa shape index (κ3) is 5.71. The standard InChI is InChI=1S/C26H30F2N3O4P/c1-16-4-9-21-22-14-18(15-30-24(22)25(29)31-23(21)12-16)5-6-19-7-8-20(13-17(19)2)35-11-3-10-26(27,28)36(32,33)34/h4,7-9,12-15,32-34,36H,3,5-6,10-11H2,1-2H3,(H2,29,31). The van der Waals surface area contributed by atoms with Crippen LogP contribution >= 0.6 is 7.94 Å². The van der Waals surface area contributed by atoms with Crippen LogP contribution in [0.2, 0.25) is 0 Å². The average Bonchev–Trinajstić information content (AvgIpc) is 2.80. The van der Waals surface area contributed by atoms with Gasteiger partial charge in [-0.1, -0.05) is 12.1 Å². The number of nitrogens with two attached hydrogens (primary N) is 1. The van der Waals surface area contributed by atoms with Gasteiger partial charge in [-0.3, -0.25) is 4.98 Å². The number of anilines is 1. The fraction of sp³-hybridized carbons (Fsp3) is 0.308. The van der Waals surface area contributed by atoms with Crippen molar-refractivity contribution in [3.8, 4) is 5.75 Å². The molecule has 0 amide bonds. The Kier molecular flexibility index (Phi) is 7.38. The summed E-state index contributed by atoms with van der Waals surface area (Å²) in [6.45, 7) is 3.94. The van der Waals surface area contributed by atoms with Crippen molar-refractivity contribution in [1.82, 2.24) is 9.97 Å². The van der Waals surface area contributed by atoms with Crippen LogP contribution in [0.4, 0.5) is 14.6 Å². The van der Waals surface area contributed by atoms with Crippen LogP contribution in [0.5, 0.6) is 5.75 Å². The van der Waals surface area contributed by atoms with Gasteiger partial charge in [-0.25, -0.2) is 4.98 Å². The Morgan fingerprint density at radius 2 is 1.78 bits per heavy atom. The van der Waals surface area contributed by atoms with Crippen LogP contribution in [0, 0.1) is 13.8 Å². The van der Waals surface area contributed by atoms with Gasteiger partial charge in [0.2, 0.25) is 0 Å². The minimum absolute atomic E-state index is 0.0346. The number of nitrogens with zero attached hydrogens (tertiary/aromatic N) is 2. The molecular weight excluding hydrogens is 487 g/mol. The summed E-state index contributed by atoms with van der Waals surface area (Å²) >= 11 is 0. The number of halogens is 2. The fourth-order valence-corrected chi connectivity index (χ4v) is 4.68. The Labute approximate surface area is 208 Å². The molecule has 0 atom stereocenters. The Balaban J connectivity index is 1.41. The molecule has 0 unspecified atom stereocenters. The van der Waals surface area contributed by atoms with Crippen molar-refractivity contribution in [2.75, 3.05) is 12.3 Å². The first-order chi connectivity index (χ1) is 16.9. The Morgan fingerprint density at radius 1 is 1.00 bits per heavy atom. The van der Waals surface area contributed by atoms with E-state index in [0.29, 0.717) is 17.1 Å². The molecular formula is C26H30F2N3O4P. The summed E-state index contributed by atoms with van der Waals surface area (Å²) in [7, 11) is -5.50. The van der Waals surface area contributed by atoms with E-state index in [1.165, 1.54) is 0 Å². The zero-order valence-electron chi connectivity index (χ0n) is 20.1. The Hall–Kier alpha value is -2.97. The number of benzene rings is 2.